The van der Waals surface area contributed by atoms with Crippen LogP contribution < -0.4 is 0 Å². The lowest BCUT2D eigenvalue weighted by Crippen LogP contribution is -1.85. The third kappa shape index (κ3) is 4.31. The maximum atomic E-state index is 2.37. The van der Waals surface area contributed by atoms with Crippen LogP contribution in [0.3, 0.4) is 0 Å². The second-order valence-electron chi connectivity index (χ2n) is 12.9. The molecule has 0 saturated carbocycles. The predicted molar refractivity (Wildman–Crippen MR) is 205 cm³/mol. The summed E-state index contributed by atoms with van der Waals surface area (Å²) in [5.74, 6) is 0. The van der Waals surface area contributed by atoms with E-state index in [-0.39, 0.29) is 0 Å². The van der Waals surface area contributed by atoms with Crippen molar-refractivity contribution in [1.82, 2.24) is 0 Å². The molecule has 48 heavy (non-hydrogen) atoms. The lowest BCUT2D eigenvalue weighted by Gasteiger charge is -2.12. The number of benzene rings is 9. The fraction of sp³-hybridized carbons (Fsp3) is 0. The zero-order valence-corrected chi connectivity index (χ0v) is 26.3. The van der Waals surface area contributed by atoms with Crippen LogP contribution >= 0.6 is 0 Å². The van der Waals surface area contributed by atoms with E-state index >= 15 is 0 Å². The minimum Gasteiger partial charge on any atom is -0.0622 e. The highest BCUT2D eigenvalue weighted by atomic mass is 14.3. The van der Waals surface area contributed by atoms with Crippen molar-refractivity contribution in [1.29, 1.82) is 0 Å². The molecule has 0 aromatic heterocycles. The Hall–Kier alpha value is -6.24. The first kappa shape index (κ1) is 26.9. The van der Waals surface area contributed by atoms with Crippen molar-refractivity contribution in [2.24, 2.45) is 0 Å². The van der Waals surface area contributed by atoms with E-state index in [1.807, 2.05) is 0 Å². The third-order valence-electron chi connectivity index (χ3n) is 10.2. The summed E-state index contributed by atoms with van der Waals surface area (Å²) in [6, 6.07) is 67.1. The zero-order chi connectivity index (χ0) is 31.6. The maximum absolute atomic E-state index is 2.37. The van der Waals surface area contributed by atoms with Crippen LogP contribution in [0.2, 0.25) is 0 Å². The Balaban J connectivity index is 1.05. The molecule has 0 nitrogen and oxygen atoms in total. The van der Waals surface area contributed by atoms with Crippen LogP contribution in [0.15, 0.2) is 182 Å². The Labute approximate surface area is 280 Å². The molecule has 0 heterocycles. The van der Waals surface area contributed by atoms with E-state index in [4.69, 9.17) is 0 Å². The van der Waals surface area contributed by atoms with Crippen LogP contribution in [0.1, 0.15) is 0 Å². The molecule has 0 amide bonds. The van der Waals surface area contributed by atoms with E-state index < -0.39 is 0 Å². The Morgan fingerprint density at radius 3 is 1.54 bits per heavy atom. The molecule has 0 radical (unpaired) electrons. The van der Waals surface area contributed by atoms with Gasteiger partial charge in [0.15, 0.2) is 0 Å². The lowest BCUT2D eigenvalue weighted by molar-refractivity contribution is 1.61. The van der Waals surface area contributed by atoms with Crippen LogP contribution in [-0.2, 0) is 0 Å². The fourth-order valence-electron chi connectivity index (χ4n) is 7.76. The Bertz CT molecular complexity index is 2710. The van der Waals surface area contributed by atoms with Gasteiger partial charge in [0.25, 0.3) is 0 Å². The van der Waals surface area contributed by atoms with Gasteiger partial charge in [-0.15, -0.1) is 0 Å². The summed E-state index contributed by atoms with van der Waals surface area (Å²) in [5.41, 5.74) is 15.3. The minimum absolute atomic E-state index is 1.23. The van der Waals surface area contributed by atoms with Crippen molar-refractivity contribution in [3.63, 3.8) is 0 Å². The first-order valence-electron chi connectivity index (χ1n) is 16.7. The van der Waals surface area contributed by atoms with E-state index in [0.717, 1.165) is 0 Å². The van der Waals surface area contributed by atoms with Gasteiger partial charge in [0, 0.05) is 0 Å². The van der Waals surface area contributed by atoms with E-state index in [2.05, 4.69) is 182 Å². The zero-order valence-electron chi connectivity index (χ0n) is 26.3. The van der Waals surface area contributed by atoms with Gasteiger partial charge in [-0.3, -0.25) is 0 Å². The molecule has 1 aliphatic carbocycles. The second kappa shape index (κ2) is 10.7. The molecular weight excluding hydrogens is 577 g/mol. The summed E-state index contributed by atoms with van der Waals surface area (Å²) in [4.78, 5) is 0. The molecule has 9 aromatic rings. The molecule has 0 atom stereocenters. The molecule has 0 unspecified atom stereocenters. The molecular formula is C48H30. The topological polar surface area (TPSA) is 0 Å². The lowest BCUT2D eigenvalue weighted by atomic mass is 9.92. The summed E-state index contributed by atoms with van der Waals surface area (Å²) in [6.07, 6.45) is 0. The van der Waals surface area contributed by atoms with Gasteiger partial charge in [0.2, 0.25) is 0 Å². The molecule has 9 aromatic carbocycles. The molecule has 0 bridgehead atoms. The predicted octanol–water partition coefficient (Wildman–Crippen LogP) is 13.5. The van der Waals surface area contributed by atoms with E-state index in [1.165, 1.54) is 99.1 Å². The van der Waals surface area contributed by atoms with Crippen molar-refractivity contribution < 1.29 is 0 Å². The van der Waals surface area contributed by atoms with Gasteiger partial charge in [-0.1, -0.05) is 152 Å². The molecule has 0 saturated heterocycles. The number of fused-ring (bicyclic) bond motifs is 5. The van der Waals surface area contributed by atoms with Crippen LogP contribution in [0.5, 0.6) is 0 Å². The first-order valence-corrected chi connectivity index (χ1v) is 16.7. The molecule has 1 aliphatic rings. The molecule has 222 valence electrons. The van der Waals surface area contributed by atoms with Crippen LogP contribution in [0.25, 0.3) is 99.1 Å². The van der Waals surface area contributed by atoms with E-state index in [1.54, 1.807) is 0 Å². The van der Waals surface area contributed by atoms with E-state index in [0.29, 0.717) is 0 Å². The van der Waals surface area contributed by atoms with Gasteiger partial charge < -0.3 is 0 Å². The molecule has 0 spiro atoms. The van der Waals surface area contributed by atoms with Gasteiger partial charge >= 0.3 is 0 Å². The maximum Gasteiger partial charge on any atom is -0.00201 e. The Morgan fingerprint density at radius 2 is 0.729 bits per heavy atom. The standard InChI is InChI=1S/C48H30/c1-2-8-31(9-3-1)39-22-23-43-46-25-24-42(44-14-7-15-45(48(44)46)47(43)30-39)40-21-18-33-17-20-38(28-41(33)29-40)36-13-6-12-35(27-36)37-19-16-32-10-4-5-11-34(32)26-37/h1-30H. The third-order valence-corrected chi connectivity index (χ3v) is 10.2. The van der Waals surface area contributed by atoms with Gasteiger partial charge in [-0.2, -0.15) is 0 Å². The van der Waals surface area contributed by atoms with Crippen molar-refractivity contribution in [3.8, 4) is 66.8 Å². The smallest absolute Gasteiger partial charge is 0.00201 e. The van der Waals surface area contributed by atoms with Crippen molar-refractivity contribution in [2.75, 3.05) is 0 Å². The summed E-state index contributed by atoms with van der Waals surface area (Å²) in [6.45, 7) is 0. The average molecular weight is 607 g/mol. The highest BCUT2D eigenvalue weighted by Gasteiger charge is 2.23. The van der Waals surface area contributed by atoms with Crippen molar-refractivity contribution in [3.05, 3.63) is 182 Å². The monoisotopic (exact) mass is 606 g/mol. The SMILES string of the molecule is c1ccc(-c2ccc3c(c2)-c2cccc4c(-c5ccc6ccc(-c7cccc(-c8ccc9ccccc9c8)c7)cc6c5)ccc-3c24)cc1. The van der Waals surface area contributed by atoms with Crippen LogP contribution in [-0.4, -0.2) is 0 Å². The van der Waals surface area contributed by atoms with E-state index in [9.17, 15) is 0 Å². The second-order valence-corrected chi connectivity index (χ2v) is 12.9. The number of hydrogen-bond acceptors (Lipinski definition) is 0. The fourth-order valence-corrected chi connectivity index (χ4v) is 7.76. The van der Waals surface area contributed by atoms with Crippen molar-refractivity contribution >= 4 is 32.3 Å². The van der Waals surface area contributed by atoms with Crippen LogP contribution in [0.4, 0.5) is 0 Å². The van der Waals surface area contributed by atoms with Gasteiger partial charge in [0.05, 0.1) is 0 Å². The minimum atomic E-state index is 1.23. The van der Waals surface area contributed by atoms with Crippen molar-refractivity contribution in [2.45, 2.75) is 0 Å². The normalized spacial score (nSPS) is 11.8. The molecule has 0 heteroatoms. The average Bonchev–Trinajstić information content (AvgIpc) is 3.49. The Kier molecular flexibility index (Phi) is 5.98. The Morgan fingerprint density at radius 1 is 0.208 bits per heavy atom. The summed E-state index contributed by atoms with van der Waals surface area (Å²) in [7, 11) is 0. The van der Waals surface area contributed by atoms with Gasteiger partial charge in [-0.25, -0.2) is 0 Å². The molecule has 10 rings (SSSR count). The summed E-state index contributed by atoms with van der Waals surface area (Å²) in [5, 5.41) is 7.70. The first-order chi connectivity index (χ1) is 23.8. The summed E-state index contributed by atoms with van der Waals surface area (Å²) < 4.78 is 0. The number of hydrogen-bond donors (Lipinski definition) is 0. The van der Waals surface area contributed by atoms with Gasteiger partial charge in [0.1, 0.15) is 0 Å². The number of rotatable bonds is 4. The van der Waals surface area contributed by atoms with Gasteiger partial charge in [-0.05, 0) is 129 Å². The molecule has 0 N–H and O–H groups in total. The highest BCUT2D eigenvalue weighted by Crippen LogP contribution is 2.50. The van der Waals surface area contributed by atoms with Crippen LogP contribution in [0, 0.1) is 0 Å². The highest BCUT2D eigenvalue weighted by molar-refractivity contribution is 6.19. The molecule has 0 fully saturated rings. The quantitative estimate of drug-likeness (QED) is 0.187. The molecule has 0 aliphatic heterocycles. The largest absolute Gasteiger partial charge is 0.0622 e. The summed E-state index contributed by atoms with van der Waals surface area (Å²) >= 11 is 0.